The minimum atomic E-state index is 0.581. The second-order valence-corrected chi connectivity index (χ2v) is 7.66. The van der Waals surface area contributed by atoms with Gasteiger partial charge in [0.15, 0.2) is 0 Å². The number of pyridine rings is 2. The molecule has 0 aliphatic heterocycles. The van der Waals surface area contributed by atoms with Gasteiger partial charge in [0.1, 0.15) is 5.65 Å². The van der Waals surface area contributed by atoms with Crippen molar-refractivity contribution in [2.45, 2.75) is 0 Å². The highest BCUT2D eigenvalue weighted by Gasteiger charge is 2.22. The van der Waals surface area contributed by atoms with E-state index >= 15 is 0 Å². The normalized spacial score (nSPS) is 11.8. The molecular weight excluding hydrogens is 396 g/mol. The molecule has 6 heteroatoms. The van der Waals surface area contributed by atoms with E-state index in [1.54, 1.807) is 18.6 Å². The van der Waals surface area contributed by atoms with Crippen LogP contribution in [0.4, 0.5) is 0 Å². The maximum Gasteiger partial charge on any atom is 0.235 e. The van der Waals surface area contributed by atoms with E-state index in [4.69, 9.17) is 4.98 Å². The summed E-state index contributed by atoms with van der Waals surface area (Å²) in [4.78, 5) is 18.7. The van der Waals surface area contributed by atoms with E-state index in [9.17, 15) is 0 Å². The predicted molar refractivity (Wildman–Crippen MR) is 126 cm³/mol. The molecule has 0 spiro atoms. The molecule has 2 aromatic carbocycles. The molecule has 0 N–H and O–H groups in total. The molecule has 0 unspecified atom stereocenters. The topological polar surface area (TPSA) is 61.4 Å². The Morgan fingerprint density at radius 2 is 1.31 bits per heavy atom. The fourth-order valence-corrected chi connectivity index (χ4v) is 4.67. The fraction of sp³-hybridized carbons (Fsp3) is 0. The Balaban J connectivity index is 1.77. The van der Waals surface area contributed by atoms with Crippen LogP contribution in [0.5, 0.6) is 0 Å². The zero-order valence-corrected chi connectivity index (χ0v) is 16.9. The lowest BCUT2D eigenvalue weighted by atomic mass is 10.1. The van der Waals surface area contributed by atoms with E-state index in [0.717, 1.165) is 49.6 Å². The van der Waals surface area contributed by atoms with Crippen LogP contribution in [0.25, 0.3) is 55.5 Å². The molecule has 0 saturated heterocycles. The average Bonchev–Trinajstić information content (AvgIpc) is 3.38. The number of benzene rings is 2. The smallest absolute Gasteiger partial charge is 0.235 e. The molecule has 7 rings (SSSR count). The molecule has 0 aliphatic carbocycles. The summed E-state index contributed by atoms with van der Waals surface area (Å²) in [5, 5.41) is 3.24. The summed E-state index contributed by atoms with van der Waals surface area (Å²) in [5.41, 5.74) is 5.91. The number of para-hydroxylation sites is 2. The van der Waals surface area contributed by atoms with E-state index in [1.807, 2.05) is 29.0 Å². The molecule has 6 nitrogen and oxygen atoms in total. The first-order valence-electron chi connectivity index (χ1n) is 10.4. The van der Waals surface area contributed by atoms with Gasteiger partial charge < -0.3 is 4.57 Å². The number of aromatic nitrogens is 6. The van der Waals surface area contributed by atoms with Gasteiger partial charge in [-0.05, 0) is 36.4 Å². The van der Waals surface area contributed by atoms with Crippen LogP contribution in [0.2, 0.25) is 0 Å². The van der Waals surface area contributed by atoms with Crippen molar-refractivity contribution in [3.05, 3.63) is 97.6 Å². The summed E-state index contributed by atoms with van der Waals surface area (Å²) >= 11 is 0. The largest absolute Gasteiger partial charge is 0.308 e. The zero-order valence-electron chi connectivity index (χ0n) is 16.9. The average molecular weight is 412 g/mol. The van der Waals surface area contributed by atoms with E-state index in [2.05, 4.69) is 74.1 Å². The van der Waals surface area contributed by atoms with Crippen molar-refractivity contribution in [1.29, 1.82) is 0 Å². The van der Waals surface area contributed by atoms with Crippen LogP contribution in [0.1, 0.15) is 0 Å². The number of rotatable bonds is 2. The van der Waals surface area contributed by atoms with Gasteiger partial charge >= 0.3 is 0 Å². The Labute approximate surface area is 182 Å². The van der Waals surface area contributed by atoms with Gasteiger partial charge in [-0.3, -0.25) is 9.55 Å². The molecule has 0 radical (unpaired) electrons. The standard InChI is InChI=1S/C26H16N6/c1-2-8-17(9-3-1)31-20-12-5-4-10-18(20)22-21(31)16-30-23-19-11-6-13-27-25(19)32(24(22)23)26-28-14-7-15-29-26/h1-16H. The quantitative estimate of drug-likeness (QED) is 0.378. The van der Waals surface area contributed by atoms with Crippen LogP contribution in [-0.2, 0) is 0 Å². The van der Waals surface area contributed by atoms with Gasteiger partial charge in [-0.25, -0.2) is 15.0 Å². The number of fused-ring (bicyclic) bond motifs is 7. The summed E-state index contributed by atoms with van der Waals surface area (Å²) in [5.74, 6) is 0.581. The Hall–Kier alpha value is -4.58. The van der Waals surface area contributed by atoms with Gasteiger partial charge in [0.2, 0.25) is 5.95 Å². The third-order valence-corrected chi connectivity index (χ3v) is 5.93. The van der Waals surface area contributed by atoms with Crippen molar-refractivity contribution in [2.75, 3.05) is 0 Å². The third-order valence-electron chi connectivity index (χ3n) is 5.93. The van der Waals surface area contributed by atoms with Crippen LogP contribution in [0.3, 0.4) is 0 Å². The van der Waals surface area contributed by atoms with Gasteiger partial charge in [0.05, 0.1) is 28.3 Å². The van der Waals surface area contributed by atoms with Crippen molar-refractivity contribution >= 4 is 43.9 Å². The van der Waals surface area contributed by atoms with Crippen molar-refractivity contribution in [3.8, 4) is 11.6 Å². The van der Waals surface area contributed by atoms with E-state index < -0.39 is 0 Å². The van der Waals surface area contributed by atoms with Gasteiger partial charge in [-0.2, -0.15) is 0 Å². The Morgan fingerprint density at radius 1 is 0.562 bits per heavy atom. The highest BCUT2D eigenvalue weighted by Crippen LogP contribution is 2.39. The third kappa shape index (κ3) is 2.23. The first kappa shape index (κ1) is 17.1. The van der Waals surface area contributed by atoms with Crippen molar-refractivity contribution < 1.29 is 0 Å². The molecule has 0 amide bonds. The SMILES string of the molecule is c1ccc(-n2c3ccccc3c3c2cnc2c4cccnc4n(-c4ncccn4)c23)cc1. The van der Waals surface area contributed by atoms with E-state index in [0.29, 0.717) is 5.95 Å². The number of hydrogen-bond donors (Lipinski definition) is 0. The maximum atomic E-state index is 4.93. The summed E-state index contributed by atoms with van der Waals surface area (Å²) < 4.78 is 4.29. The molecule has 32 heavy (non-hydrogen) atoms. The minimum Gasteiger partial charge on any atom is -0.308 e. The Bertz CT molecular complexity index is 1760. The van der Waals surface area contributed by atoms with Crippen LogP contribution in [0.15, 0.2) is 97.6 Å². The lowest BCUT2D eigenvalue weighted by Crippen LogP contribution is -2.01. The van der Waals surface area contributed by atoms with Crippen LogP contribution < -0.4 is 0 Å². The van der Waals surface area contributed by atoms with Gasteiger partial charge in [-0.1, -0.05) is 36.4 Å². The maximum absolute atomic E-state index is 4.93. The van der Waals surface area contributed by atoms with Crippen molar-refractivity contribution in [3.63, 3.8) is 0 Å². The second-order valence-electron chi connectivity index (χ2n) is 7.66. The number of hydrogen-bond acceptors (Lipinski definition) is 4. The van der Waals surface area contributed by atoms with Crippen molar-refractivity contribution in [2.24, 2.45) is 0 Å². The molecule has 5 aromatic heterocycles. The molecule has 0 aliphatic rings. The monoisotopic (exact) mass is 412 g/mol. The van der Waals surface area contributed by atoms with Gasteiger partial charge in [0.25, 0.3) is 0 Å². The molecule has 0 saturated carbocycles. The molecule has 5 heterocycles. The molecule has 7 aromatic rings. The number of nitrogens with zero attached hydrogens (tertiary/aromatic N) is 6. The Morgan fingerprint density at radius 3 is 2.19 bits per heavy atom. The van der Waals surface area contributed by atoms with Crippen molar-refractivity contribution in [1.82, 2.24) is 29.1 Å². The summed E-state index contributed by atoms with van der Waals surface area (Å²) in [6, 6.07) is 24.7. The first-order valence-corrected chi connectivity index (χ1v) is 10.4. The van der Waals surface area contributed by atoms with E-state index in [-0.39, 0.29) is 0 Å². The second kappa shape index (κ2) is 6.46. The van der Waals surface area contributed by atoms with Crippen LogP contribution >= 0.6 is 0 Å². The lowest BCUT2D eigenvalue weighted by Gasteiger charge is -2.07. The first-order chi connectivity index (χ1) is 15.9. The molecule has 150 valence electrons. The highest BCUT2D eigenvalue weighted by molar-refractivity contribution is 6.24. The Kier molecular flexibility index (Phi) is 3.46. The molecule has 0 bridgehead atoms. The van der Waals surface area contributed by atoms with Gasteiger partial charge in [-0.15, -0.1) is 0 Å². The molecule has 0 atom stereocenters. The zero-order chi connectivity index (χ0) is 21.1. The lowest BCUT2D eigenvalue weighted by molar-refractivity contribution is 0.977. The van der Waals surface area contributed by atoms with Gasteiger partial charge in [0, 0.05) is 40.4 Å². The molecular formula is C26H16N6. The van der Waals surface area contributed by atoms with Crippen LogP contribution in [0, 0.1) is 0 Å². The summed E-state index contributed by atoms with van der Waals surface area (Å²) in [7, 11) is 0. The predicted octanol–water partition coefficient (Wildman–Crippen LogP) is 5.46. The summed E-state index contributed by atoms with van der Waals surface area (Å²) in [6.45, 7) is 0. The minimum absolute atomic E-state index is 0.581. The molecule has 0 fully saturated rings. The summed E-state index contributed by atoms with van der Waals surface area (Å²) in [6.07, 6.45) is 7.27. The fourth-order valence-electron chi connectivity index (χ4n) is 4.67. The van der Waals surface area contributed by atoms with Crippen LogP contribution in [-0.4, -0.2) is 29.1 Å². The highest BCUT2D eigenvalue weighted by atomic mass is 15.2. The van der Waals surface area contributed by atoms with E-state index in [1.165, 1.54) is 0 Å².